The van der Waals surface area contributed by atoms with Crippen molar-refractivity contribution in [3.05, 3.63) is 29.8 Å². The molecular weight excluding hydrogens is 217 g/mol. The molecule has 1 heterocycles. The Hall–Kier alpha value is -0.870. The molecule has 0 radical (unpaired) electrons. The summed E-state index contributed by atoms with van der Waals surface area (Å²) in [6, 6.07) is 7.45. The van der Waals surface area contributed by atoms with Gasteiger partial charge in [0.25, 0.3) is 0 Å². The first-order valence-corrected chi connectivity index (χ1v) is 6.20. The average Bonchev–Trinajstić information content (AvgIpc) is 2.16. The molecule has 0 fully saturated rings. The SMILES string of the molecule is O=P(O)(O)ON1CCCc2ccccc21. The highest BCUT2D eigenvalue weighted by atomic mass is 31.2. The normalized spacial score (nSPS) is 16.3. The molecule has 0 atom stereocenters. The lowest BCUT2D eigenvalue weighted by Gasteiger charge is -2.29. The fourth-order valence-corrected chi connectivity index (χ4v) is 2.14. The molecule has 0 spiro atoms. The molecule has 2 rings (SSSR count). The van der Waals surface area contributed by atoms with Gasteiger partial charge in [0.2, 0.25) is 0 Å². The van der Waals surface area contributed by atoms with Gasteiger partial charge in [-0.25, -0.2) is 9.63 Å². The number of nitrogens with zero attached hydrogens (tertiary/aromatic N) is 1. The molecule has 5 nitrogen and oxygen atoms in total. The molecule has 1 aromatic carbocycles. The van der Waals surface area contributed by atoms with Crippen molar-refractivity contribution in [2.75, 3.05) is 11.6 Å². The lowest BCUT2D eigenvalue weighted by atomic mass is 10.0. The van der Waals surface area contributed by atoms with Crippen LogP contribution in [0.2, 0.25) is 0 Å². The van der Waals surface area contributed by atoms with Crippen molar-refractivity contribution in [2.24, 2.45) is 0 Å². The number of aryl methyl sites for hydroxylation is 1. The van der Waals surface area contributed by atoms with Gasteiger partial charge in [0.1, 0.15) is 0 Å². The highest BCUT2D eigenvalue weighted by Crippen LogP contribution is 2.40. The van der Waals surface area contributed by atoms with Crippen molar-refractivity contribution in [3.63, 3.8) is 0 Å². The van der Waals surface area contributed by atoms with E-state index in [1.165, 1.54) is 5.06 Å². The number of para-hydroxylation sites is 1. The second-order valence-electron chi connectivity index (χ2n) is 3.41. The molecule has 1 aliphatic rings. The maximum absolute atomic E-state index is 10.7. The van der Waals surface area contributed by atoms with Crippen LogP contribution >= 0.6 is 7.82 Å². The van der Waals surface area contributed by atoms with Crippen molar-refractivity contribution < 1.29 is 19.0 Å². The van der Waals surface area contributed by atoms with Gasteiger partial charge < -0.3 is 9.79 Å². The number of benzene rings is 1. The fraction of sp³-hybridized carbons (Fsp3) is 0.333. The Morgan fingerprint density at radius 1 is 1.33 bits per heavy atom. The quantitative estimate of drug-likeness (QED) is 0.751. The zero-order chi connectivity index (χ0) is 10.9. The zero-order valence-corrected chi connectivity index (χ0v) is 8.93. The Balaban J connectivity index is 2.26. The number of hydroxylamine groups is 1. The van der Waals surface area contributed by atoms with Crippen molar-refractivity contribution in [1.29, 1.82) is 0 Å². The molecule has 0 saturated carbocycles. The average molecular weight is 229 g/mol. The summed E-state index contributed by atoms with van der Waals surface area (Å²) >= 11 is 0. The Morgan fingerprint density at radius 3 is 2.80 bits per heavy atom. The summed E-state index contributed by atoms with van der Waals surface area (Å²) in [5.74, 6) is 0. The summed E-state index contributed by atoms with van der Waals surface area (Å²) in [5, 5.41) is 1.28. The zero-order valence-electron chi connectivity index (χ0n) is 8.04. The van der Waals surface area contributed by atoms with E-state index in [1.54, 1.807) is 6.07 Å². The molecule has 82 valence electrons. The van der Waals surface area contributed by atoms with E-state index in [0.29, 0.717) is 6.54 Å². The number of phosphoric acid groups is 1. The standard InChI is InChI=1S/C9H12NO4P/c11-15(12,13)14-10-7-3-5-8-4-1-2-6-9(8)10/h1-2,4,6H,3,5,7H2,(H2,11,12,13). The highest BCUT2D eigenvalue weighted by Gasteiger charge is 2.24. The van der Waals surface area contributed by atoms with Gasteiger partial charge in [-0.3, -0.25) is 0 Å². The molecule has 1 aromatic rings. The topological polar surface area (TPSA) is 70.0 Å². The minimum Gasteiger partial charge on any atom is -0.301 e. The Kier molecular flexibility index (Phi) is 2.80. The van der Waals surface area contributed by atoms with Gasteiger partial charge in [-0.1, -0.05) is 18.2 Å². The van der Waals surface area contributed by atoms with Crippen LogP contribution in [-0.4, -0.2) is 16.3 Å². The van der Waals surface area contributed by atoms with E-state index < -0.39 is 7.82 Å². The second-order valence-corrected chi connectivity index (χ2v) is 4.55. The number of fused-ring (bicyclic) bond motifs is 1. The largest absolute Gasteiger partial charge is 0.491 e. The molecule has 0 aliphatic carbocycles. The van der Waals surface area contributed by atoms with Crippen LogP contribution in [0, 0.1) is 0 Å². The van der Waals surface area contributed by atoms with Gasteiger partial charge in [0.15, 0.2) is 0 Å². The third-order valence-electron chi connectivity index (χ3n) is 2.27. The van der Waals surface area contributed by atoms with Crippen molar-refractivity contribution in [2.45, 2.75) is 12.8 Å². The first kappa shape index (κ1) is 10.6. The summed E-state index contributed by atoms with van der Waals surface area (Å²) in [6.07, 6.45) is 1.74. The van der Waals surface area contributed by atoms with Gasteiger partial charge in [-0.15, -0.1) is 0 Å². The number of hydrogen-bond acceptors (Lipinski definition) is 3. The van der Waals surface area contributed by atoms with Gasteiger partial charge >= 0.3 is 7.82 Å². The van der Waals surface area contributed by atoms with E-state index in [9.17, 15) is 4.57 Å². The molecule has 6 heteroatoms. The van der Waals surface area contributed by atoms with Crippen LogP contribution in [-0.2, 0) is 15.6 Å². The van der Waals surface area contributed by atoms with Crippen LogP contribution in [0.3, 0.4) is 0 Å². The monoisotopic (exact) mass is 229 g/mol. The smallest absolute Gasteiger partial charge is 0.301 e. The van der Waals surface area contributed by atoms with Crippen molar-refractivity contribution >= 4 is 13.5 Å². The van der Waals surface area contributed by atoms with Gasteiger partial charge in [0.05, 0.1) is 5.69 Å². The van der Waals surface area contributed by atoms with Gasteiger partial charge in [-0.05, 0) is 24.5 Å². The van der Waals surface area contributed by atoms with Crippen LogP contribution < -0.4 is 5.06 Å². The van der Waals surface area contributed by atoms with E-state index in [-0.39, 0.29) is 0 Å². The summed E-state index contributed by atoms with van der Waals surface area (Å²) in [7, 11) is -4.46. The van der Waals surface area contributed by atoms with Crippen molar-refractivity contribution in [3.8, 4) is 0 Å². The van der Waals surface area contributed by atoms with E-state index in [4.69, 9.17) is 9.79 Å². The first-order chi connectivity index (χ1) is 7.06. The lowest BCUT2D eigenvalue weighted by molar-refractivity contribution is 0.174. The minimum atomic E-state index is -4.46. The Bertz CT molecular complexity index is 403. The van der Waals surface area contributed by atoms with E-state index in [0.717, 1.165) is 24.1 Å². The molecule has 2 N–H and O–H groups in total. The highest BCUT2D eigenvalue weighted by molar-refractivity contribution is 7.46. The molecule has 15 heavy (non-hydrogen) atoms. The third-order valence-corrected chi connectivity index (χ3v) is 2.68. The molecule has 1 aliphatic heterocycles. The van der Waals surface area contributed by atoms with Crippen LogP contribution in [0.4, 0.5) is 5.69 Å². The molecule has 0 saturated heterocycles. The lowest BCUT2D eigenvalue weighted by Crippen LogP contribution is -2.28. The minimum absolute atomic E-state index is 0.502. The summed E-state index contributed by atoms with van der Waals surface area (Å²) < 4.78 is 15.3. The maximum Gasteiger partial charge on any atom is 0.491 e. The summed E-state index contributed by atoms with van der Waals surface area (Å²) in [5.41, 5.74) is 1.80. The fourth-order valence-electron chi connectivity index (χ4n) is 1.71. The Morgan fingerprint density at radius 2 is 2.07 bits per heavy atom. The second kappa shape index (κ2) is 3.94. The molecule has 0 amide bonds. The number of anilines is 1. The van der Waals surface area contributed by atoms with Crippen LogP contribution in [0.25, 0.3) is 0 Å². The molecule has 0 aromatic heterocycles. The molecule has 0 bridgehead atoms. The van der Waals surface area contributed by atoms with E-state index in [2.05, 4.69) is 4.62 Å². The Labute approximate surface area is 87.5 Å². The predicted molar refractivity (Wildman–Crippen MR) is 55.2 cm³/mol. The summed E-state index contributed by atoms with van der Waals surface area (Å²) in [4.78, 5) is 17.5. The maximum atomic E-state index is 10.7. The van der Waals surface area contributed by atoms with Gasteiger partial charge in [-0.2, -0.15) is 4.62 Å². The third kappa shape index (κ3) is 2.58. The summed E-state index contributed by atoms with van der Waals surface area (Å²) in [6.45, 7) is 0.502. The molecular formula is C9H12NO4P. The van der Waals surface area contributed by atoms with E-state index >= 15 is 0 Å². The van der Waals surface area contributed by atoms with Crippen LogP contribution in [0.15, 0.2) is 24.3 Å². The van der Waals surface area contributed by atoms with Crippen LogP contribution in [0.5, 0.6) is 0 Å². The van der Waals surface area contributed by atoms with Crippen molar-refractivity contribution in [1.82, 2.24) is 0 Å². The first-order valence-electron chi connectivity index (χ1n) is 4.67. The number of hydrogen-bond donors (Lipinski definition) is 2. The van der Waals surface area contributed by atoms with Crippen LogP contribution in [0.1, 0.15) is 12.0 Å². The van der Waals surface area contributed by atoms with Gasteiger partial charge in [0, 0.05) is 6.54 Å². The molecule has 0 unspecified atom stereocenters. The predicted octanol–water partition coefficient (Wildman–Crippen LogP) is 1.46. The number of rotatable bonds is 2. The van der Waals surface area contributed by atoms with E-state index in [1.807, 2.05) is 18.2 Å².